The number of nitrogens with zero attached hydrogens (tertiary/aromatic N) is 2. The molecule has 0 aromatic carbocycles. The summed E-state index contributed by atoms with van der Waals surface area (Å²) in [5.74, 6) is 0.955. The maximum atomic E-state index is 5.58. The highest BCUT2D eigenvalue weighted by Crippen LogP contribution is 2.20. The van der Waals surface area contributed by atoms with E-state index in [1.165, 1.54) is 0 Å². The molecule has 2 N–H and O–H groups in total. The maximum absolute atomic E-state index is 5.58. The topological polar surface area (TPSA) is 43.8 Å². The van der Waals surface area contributed by atoms with Crippen LogP contribution in [-0.2, 0) is 7.05 Å². The highest BCUT2D eigenvalue weighted by atomic mass is 15.2. The minimum Gasteiger partial charge on any atom is -0.330 e. The molecule has 1 aromatic rings. The monoisotopic (exact) mass is 167 g/mol. The molecule has 68 valence electrons. The fraction of sp³-hybridized carbons (Fsp3) is 0.667. The van der Waals surface area contributed by atoms with Crippen LogP contribution in [0.25, 0.3) is 0 Å². The van der Waals surface area contributed by atoms with E-state index in [1.807, 2.05) is 17.9 Å². The Balaban J connectivity index is 2.70. The Morgan fingerprint density at radius 1 is 1.58 bits per heavy atom. The average molecular weight is 167 g/mol. The van der Waals surface area contributed by atoms with Crippen LogP contribution in [0.2, 0.25) is 0 Å². The van der Waals surface area contributed by atoms with E-state index in [2.05, 4.69) is 25.0 Å². The molecule has 12 heavy (non-hydrogen) atoms. The minimum atomic E-state index is 0.455. The predicted octanol–water partition coefficient (Wildman–Crippen LogP) is 1.12. The Morgan fingerprint density at radius 3 is 2.67 bits per heavy atom. The molecule has 0 fully saturated rings. The maximum Gasteiger partial charge on any atom is 0.0655 e. The number of nitrogens with two attached hydrogens (primary N) is 1. The van der Waals surface area contributed by atoms with E-state index >= 15 is 0 Å². The van der Waals surface area contributed by atoms with Crippen LogP contribution < -0.4 is 5.73 Å². The summed E-state index contributed by atoms with van der Waals surface area (Å²) in [6.07, 6.45) is 1.97. The van der Waals surface area contributed by atoms with Gasteiger partial charge in [-0.3, -0.25) is 4.68 Å². The Labute approximate surface area is 73.6 Å². The van der Waals surface area contributed by atoms with Crippen molar-refractivity contribution in [1.82, 2.24) is 9.78 Å². The van der Waals surface area contributed by atoms with Gasteiger partial charge in [0, 0.05) is 19.2 Å². The Hall–Kier alpha value is -0.830. The zero-order chi connectivity index (χ0) is 9.14. The molecule has 0 amide bonds. The summed E-state index contributed by atoms with van der Waals surface area (Å²) in [6.45, 7) is 5.04. The quantitative estimate of drug-likeness (QED) is 0.733. The van der Waals surface area contributed by atoms with Crippen molar-refractivity contribution in [3.8, 4) is 0 Å². The second-order valence-corrected chi connectivity index (χ2v) is 3.42. The Bertz CT molecular complexity index is 242. The van der Waals surface area contributed by atoms with Gasteiger partial charge in [-0.1, -0.05) is 13.8 Å². The fourth-order valence-electron chi connectivity index (χ4n) is 1.17. The van der Waals surface area contributed by atoms with Crippen LogP contribution in [0.4, 0.5) is 0 Å². The van der Waals surface area contributed by atoms with Crippen LogP contribution in [0.1, 0.15) is 25.5 Å². The van der Waals surface area contributed by atoms with Gasteiger partial charge in [0.25, 0.3) is 0 Å². The summed E-state index contributed by atoms with van der Waals surface area (Å²) >= 11 is 0. The molecule has 0 aliphatic carbocycles. The first-order valence-corrected chi connectivity index (χ1v) is 4.34. The smallest absolute Gasteiger partial charge is 0.0655 e. The van der Waals surface area contributed by atoms with E-state index in [9.17, 15) is 0 Å². The van der Waals surface area contributed by atoms with Crippen molar-refractivity contribution in [2.45, 2.75) is 19.8 Å². The van der Waals surface area contributed by atoms with Crippen molar-refractivity contribution in [3.05, 3.63) is 18.0 Å². The van der Waals surface area contributed by atoms with E-state index in [0.717, 1.165) is 12.2 Å². The zero-order valence-electron chi connectivity index (χ0n) is 7.99. The van der Waals surface area contributed by atoms with E-state index in [-0.39, 0.29) is 0 Å². The molecule has 0 aliphatic heterocycles. The van der Waals surface area contributed by atoms with Crippen LogP contribution >= 0.6 is 0 Å². The van der Waals surface area contributed by atoms with Crippen LogP contribution in [0, 0.1) is 5.92 Å². The molecule has 2 atom stereocenters. The van der Waals surface area contributed by atoms with Crippen molar-refractivity contribution in [1.29, 1.82) is 0 Å². The van der Waals surface area contributed by atoms with Gasteiger partial charge in [-0.2, -0.15) is 5.10 Å². The number of aryl methyl sites for hydroxylation is 1. The van der Waals surface area contributed by atoms with Gasteiger partial charge in [-0.15, -0.1) is 0 Å². The lowest BCUT2D eigenvalue weighted by atomic mass is 9.93. The summed E-state index contributed by atoms with van der Waals surface area (Å²) in [7, 11) is 1.93. The molecule has 0 spiro atoms. The van der Waals surface area contributed by atoms with Crippen molar-refractivity contribution in [2.75, 3.05) is 6.54 Å². The summed E-state index contributed by atoms with van der Waals surface area (Å²) < 4.78 is 1.83. The predicted molar refractivity (Wildman–Crippen MR) is 49.8 cm³/mol. The van der Waals surface area contributed by atoms with Crippen LogP contribution in [0.15, 0.2) is 12.3 Å². The van der Waals surface area contributed by atoms with E-state index in [4.69, 9.17) is 5.73 Å². The van der Waals surface area contributed by atoms with Gasteiger partial charge in [0.2, 0.25) is 0 Å². The highest BCUT2D eigenvalue weighted by molar-refractivity contribution is 5.06. The molecule has 0 radical (unpaired) electrons. The zero-order valence-corrected chi connectivity index (χ0v) is 7.99. The van der Waals surface area contributed by atoms with Gasteiger partial charge in [0.05, 0.1) is 5.69 Å². The third-order valence-corrected chi connectivity index (χ3v) is 2.43. The molecule has 0 bridgehead atoms. The molecule has 3 heteroatoms. The molecule has 1 aromatic heterocycles. The second-order valence-electron chi connectivity index (χ2n) is 3.42. The first-order valence-electron chi connectivity index (χ1n) is 4.34. The van der Waals surface area contributed by atoms with Crippen LogP contribution in [-0.4, -0.2) is 16.3 Å². The number of hydrogen-bond donors (Lipinski definition) is 1. The Kier molecular flexibility index (Phi) is 2.87. The van der Waals surface area contributed by atoms with Crippen LogP contribution in [0.5, 0.6) is 0 Å². The minimum absolute atomic E-state index is 0.455. The first-order chi connectivity index (χ1) is 5.65. The van der Waals surface area contributed by atoms with Crippen molar-refractivity contribution in [3.63, 3.8) is 0 Å². The van der Waals surface area contributed by atoms with Gasteiger partial charge in [0.1, 0.15) is 0 Å². The van der Waals surface area contributed by atoms with Crippen molar-refractivity contribution < 1.29 is 0 Å². The number of hydrogen-bond acceptors (Lipinski definition) is 2. The third-order valence-electron chi connectivity index (χ3n) is 2.43. The van der Waals surface area contributed by atoms with Crippen LogP contribution in [0.3, 0.4) is 0 Å². The van der Waals surface area contributed by atoms with Crippen molar-refractivity contribution in [2.24, 2.45) is 18.7 Å². The molecule has 2 unspecified atom stereocenters. The normalized spacial score (nSPS) is 16.0. The standard InChI is InChI=1S/C9H17N3/c1-7(6-10)8(2)9-4-5-12(3)11-9/h4-5,7-8H,6,10H2,1-3H3. The largest absolute Gasteiger partial charge is 0.330 e. The summed E-state index contributed by atoms with van der Waals surface area (Å²) in [5.41, 5.74) is 6.72. The SMILES string of the molecule is CC(CN)C(C)c1ccn(C)n1. The average Bonchev–Trinajstić information content (AvgIpc) is 2.49. The van der Waals surface area contributed by atoms with E-state index in [1.54, 1.807) is 0 Å². The van der Waals surface area contributed by atoms with E-state index in [0.29, 0.717) is 11.8 Å². The Morgan fingerprint density at radius 2 is 2.25 bits per heavy atom. The summed E-state index contributed by atoms with van der Waals surface area (Å²) in [5, 5.41) is 4.34. The van der Waals surface area contributed by atoms with Gasteiger partial charge in [-0.25, -0.2) is 0 Å². The summed E-state index contributed by atoms with van der Waals surface area (Å²) in [6, 6.07) is 2.05. The molecular weight excluding hydrogens is 150 g/mol. The summed E-state index contributed by atoms with van der Waals surface area (Å²) in [4.78, 5) is 0. The fourth-order valence-corrected chi connectivity index (χ4v) is 1.17. The molecule has 0 saturated heterocycles. The lowest BCUT2D eigenvalue weighted by Crippen LogP contribution is -2.17. The molecule has 0 aliphatic rings. The lowest BCUT2D eigenvalue weighted by Gasteiger charge is -2.15. The number of rotatable bonds is 3. The van der Waals surface area contributed by atoms with Gasteiger partial charge in [-0.05, 0) is 18.5 Å². The van der Waals surface area contributed by atoms with Crippen molar-refractivity contribution >= 4 is 0 Å². The molecule has 3 nitrogen and oxygen atoms in total. The van der Waals surface area contributed by atoms with Gasteiger partial charge >= 0.3 is 0 Å². The molecule has 0 saturated carbocycles. The third kappa shape index (κ3) is 1.85. The second kappa shape index (κ2) is 3.72. The van der Waals surface area contributed by atoms with Gasteiger partial charge in [0.15, 0.2) is 0 Å². The molecule has 1 rings (SSSR count). The lowest BCUT2D eigenvalue weighted by molar-refractivity contribution is 0.484. The highest BCUT2D eigenvalue weighted by Gasteiger charge is 2.14. The first kappa shape index (κ1) is 9.26. The molecular formula is C9H17N3. The van der Waals surface area contributed by atoms with Gasteiger partial charge < -0.3 is 5.73 Å². The molecule has 1 heterocycles. The number of aromatic nitrogens is 2. The van der Waals surface area contributed by atoms with E-state index < -0.39 is 0 Å².